The Bertz CT molecular complexity index is 210. The van der Waals surface area contributed by atoms with Crippen LogP contribution in [0.2, 0.25) is 0 Å². The molecule has 0 atom stereocenters. The van der Waals surface area contributed by atoms with Gasteiger partial charge in [-0.25, -0.2) is 0 Å². The largest absolute Gasteiger partial charge is 0.193 e. The third kappa shape index (κ3) is 4.31. The molecule has 0 saturated carbocycles. The summed E-state index contributed by atoms with van der Waals surface area (Å²) in [5.41, 5.74) is 0.599. The molecule has 0 saturated heterocycles. The van der Waals surface area contributed by atoms with E-state index in [1.807, 2.05) is 12.1 Å². The fourth-order valence-corrected chi connectivity index (χ4v) is 0.273. The zero-order chi connectivity index (χ0) is 7.11. The van der Waals surface area contributed by atoms with E-state index in [1.165, 1.54) is 6.08 Å². The maximum Gasteiger partial charge on any atom is 0.0944 e. The Morgan fingerprint density at radius 1 is 1.44 bits per heavy atom. The summed E-state index contributed by atoms with van der Waals surface area (Å²) in [6, 6.07) is 3.74. The number of hydrogen-bond donors (Lipinski definition) is 0. The van der Waals surface area contributed by atoms with Crippen molar-refractivity contribution in [2.24, 2.45) is 0 Å². The summed E-state index contributed by atoms with van der Waals surface area (Å²) in [6.07, 6.45) is 4.45. The summed E-state index contributed by atoms with van der Waals surface area (Å²) in [5, 5.41) is 16.2. The van der Waals surface area contributed by atoms with E-state index in [4.69, 9.17) is 10.5 Å². The molecular formula is C7H6N2. The summed E-state index contributed by atoms with van der Waals surface area (Å²) >= 11 is 0. The molecule has 0 fully saturated rings. The molecule has 0 radical (unpaired) electrons. The minimum Gasteiger partial charge on any atom is -0.193 e. The van der Waals surface area contributed by atoms with Gasteiger partial charge in [0.05, 0.1) is 12.1 Å². The average Bonchev–Trinajstić information content (AvgIpc) is 1.89. The lowest BCUT2D eigenvalue weighted by molar-refractivity contribution is 1.44. The molecule has 0 aromatic heterocycles. The van der Waals surface area contributed by atoms with Crippen LogP contribution >= 0.6 is 0 Å². The SMILES string of the molecule is C/C(C#N)=C/C=C\C#N. The molecule has 2 heteroatoms. The van der Waals surface area contributed by atoms with E-state index in [2.05, 4.69) is 0 Å². The van der Waals surface area contributed by atoms with Crippen LogP contribution in [0.15, 0.2) is 23.8 Å². The van der Waals surface area contributed by atoms with E-state index in [0.717, 1.165) is 0 Å². The van der Waals surface area contributed by atoms with Gasteiger partial charge < -0.3 is 0 Å². The highest BCUT2D eigenvalue weighted by Crippen LogP contribution is 1.87. The number of rotatable bonds is 1. The predicted octanol–water partition coefficient (Wildman–Crippen LogP) is 1.54. The van der Waals surface area contributed by atoms with Gasteiger partial charge in [0, 0.05) is 11.6 Å². The van der Waals surface area contributed by atoms with Gasteiger partial charge in [0.2, 0.25) is 0 Å². The fraction of sp³-hybridized carbons (Fsp3) is 0.143. The van der Waals surface area contributed by atoms with Crippen LogP contribution in [0, 0.1) is 22.7 Å². The van der Waals surface area contributed by atoms with Gasteiger partial charge >= 0.3 is 0 Å². The molecule has 0 bridgehead atoms. The number of nitriles is 2. The van der Waals surface area contributed by atoms with Crippen molar-refractivity contribution in [1.29, 1.82) is 10.5 Å². The quantitative estimate of drug-likeness (QED) is 0.387. The minimum atomic E-state index is 0.599. The van der Waals surface area contributed by atoms with Gasteiger partial charge in [-0.15, -0.1) is 0 Å². The lowest BCUT2D eigenvalue weighted by atomic mass is 10.3. The summed E-state index contributed by atoms with van der Waals surface area (Å²) in [4.78, 5) is 0. The van der Waals surface area contributed by atoms with Crippen molar-refractivity contribution in [3.8, 4) is 12.1 Å². The Morgan fingerprint density at radius 3 is 2.56 bits per heavy atom. The van der Waals surface area contributed by atoms with Gasteiger partial charge in [0.25, 0.3) is 0 Å². The molecule has 0 amide bonds. The van der Waals surface area contributed by atoms with Crippen molar-refractivity contribution >= 4 is 0 Å². The van der Waals surface area contributed by atoms with Gasteiger partial charge in [-0.3, -0.25) is 0 Å². The molecule has 0 heterocycles. The van der Waals surface area contributed by atoms with Crippen molar-refractivity contribution in [1.82, 2.24) is 0 Å². The zero-order valence-corrected chi connectivity index (χ0v) is 5.13. The van der Waals surface area contributed by atoms with Crippen molar-refractivity contribution < 1.29 is 0 Å². The van der Waals surface area contributed by atoms with Gasteiger partial charge in [-0.2, -0.15) is 10.5 Å². The van der Waals surface area contributed by atoms with E-state index >= 15 is 0 Å². The van der Waals surface area contributed by atoms with Gasteiger partial charge in [-0.05, 0) is 13.0 Å². The molecule has 44 valence electrons. The van der Waals surface area contributed by atoms with Crippen LogP contribution in [0.4, 0.5) is 0 Å². The Balaban J connectivity index is 3.91. The summed E-state index contributed by atoms with van der Waals surface area (Å²) < 4.78 is 0. The second-order valence-electron chi connectivity index (χ2n) is 1.45. The normalized spacial score (nSPS) is 10.8. The van der Waals surface area contributed by atoms with E-state index < -0.39 is 0 Å². The maximum absolute atomic E-state index is 8.20. The first-order valence-electron chi connectivity index (χ1n) is 2.44. The standard InChI is InChI=1S/C7H6N2/c1-7(6-9)4-2-3-5-8/h2-4H,1H3/b3-2-,7-4-. The van der Waals surface area contributed by atoms with Crippen LogP contribution in [-0.4, -0.2) is 0 Å². The first-order valence-corrected chi connectivity index (χ1v) is 2.44. The Kier molecular flexibility index (Phi) is 3.83. The zero-order valence-electron chi connectivity index (χ0n) is 5.13. The highest BCUT2D eigenvalue weighted by Gasteiger charge is 1.75. The minimum absolute atomic E-state index is 0.599. The number of allylic oxidation sites excluding steroid dienone is 4. The summed E-state index contributed by atoms with van der Waals surface area (Å²) in [5.74, 6) is 0. The summed E-state index contributed by atoms with van der Waals surface area (Å²) in [7, 11) is 0. The molecule has 0 N–H and O–H groups in total. The lowest BCUT2D eigenvalue weighted by Gasteiger charge is -1.74. The molecule has 0 unspecified atom stereocenters. The Hall–Kier alpha value is -1.54. The Labute approximate surface area is 54.3 Å². The highest BCUT2D eigenvalue weighted by atomic mass is 14.2. The molecular weight excluding hydrogens is 112 g/mol. The van der Waals surface area contributed by atoms with Crippen LogP contribution in [0.25, 0.3) is 0 Å². The van der Waals surface area contributed by atoms with Crippen molar-refractivity contribution in [2.75, 3.05) is 0 Å². The summed E-state index contributed by atoms with van der Waals surface area (Å²) in [6.45, 7) is 1.68. The topological polar surface area (TPSA) is 47.6 Å². The molecule has 0 aliphatic rings. The molecule has 0 rings (SSSR count). The smallest absolute Gasteiger partial charge is 0.0944 e. The maximum atomic E-state index is 8.20. The first-order chi connectivity index (χ1) is 4.31. The lowest BCUT2D eigenvalue weighted by Crippen LogP contribution is -1.62. The van der Waals surface area contributed by atoms with Crippen LogP contribution in [0.3, 0.4) is 0 Å². The van der Waals surface area contributed by atoms with Crippen LogP contribution in [0.1, 0.15) is 6.92 Å². The average molecular weight is 118 g/mol. The second-order valence-corrected chi connectivity index (χ2v) is 1.45. The molecule has 0 aromatic carbocycles. The molecule has 0 aliphatic carbocycles. The van der Waals surface area contributed by atoms with Crippen LogP contribution in [0.5, 0.6) is 0 Å². The van der Waals surface area contributed by atoms with Crippen molar-refractivity contribution in [2.45, 2.75) is 6.92 Å². The predicted molar refractivity (Wildman–Crippen MR) is 34.1 cm³/mol. The van der Waals surface area contributed by atoms with Crippen LogP contribution < -0.4 is 0 Å². The number of hydrogen-bond acceptors (Lipinski definition) is 2. The fourth-order valence-electron chi connectivity index (χ4n) is 0.273. The van der Waals surface area contributed by atoms with Crippen LogP contribution in [-0.2, 0) is 0 Å². The van der Waals surface area contributed by atoms with Gasteiger partial charge in [-0.1, -0.05) is 6.08 Å². The van der Waals surface area contributed by atoms with E-state index in [0.29, 0.717) is 5.57 Å². The van der Waals surface area contributed by atoms with Gasteiger partial charge in [0.15, 0.2) is 0 Å². The van der Waals surface area contributed by atoms with Crippen molar-refractivity contribution in [3.63, 3.8) is 0 Å². The molecule has 0 aromatic rings. The highest BCUT2D eigenvalue weighted by molar-refractivity contribution is 5.24. The van der Waals surface area contributed by atoms with Crippen molar-refractivity contribution in [3.05, 3.63) is 23.8 Å². The third-order valence-corrected chi connectivity index (χ3v) is 0.693. The van der Waals surface area contributed by atoms with E-state index in [-0.39, 0.29) is 0 Å². The molecule has 9 heavy (non-hydrogen) atoms. The van der Waals surface area contributed by atoms with E-state index in [9.17, 15) is 0 Å². The third-order valence-electron chi connectivity index (χ3n) is 0.693. The second kappa shape index (κ2) is 4.61. The number of nitrogens with zero attached hydrogens (tertiary/aromatic N) is 2. The Morgan fingerprint density at radius 2 is 2.11 bits per heavy atom. The van der Waals surface area contributed by atoms with Gasteiger partial charge in [0.1, 0.15) is 0 Å². The molecule has 0 aliphatic heterocycles. The molecule has 0 spiro atoms. The van der Waals surface area contributed by atoms with E-state index in [1.54, 1.807) is 19.1 Å². The monoisotopic (exact) mass is 118 g/mol. The first kappa shape index (κ1) is 7.46. The molecule has 2 nitrogen and oxygen atoms in total.